The van der Waals surface area contributed by atoms with Gasteiger partial charge in [-0.25, -0.2) is 0 Å². The van der Waals surface area contributed by atoms with Crippen LogP contribution in [0.2, 0.25) is 0 Å². The summed E-state index contributed by atoms with van der Waals surface area (Å²) < 4.78 is 12.6. The van der Waals surface area contributed by atoms with Crippen molar-refractivity contribution >= 4 is 11.6 Å². The van der Waals surface area contributed by atoms with Crippen molar-refractivity contribution in [3.8, 4) is 34.5 Å². The zero-order valence-electron chi connectivity index (χ0n) is 19.9. The number of phenols is 4. The van der Waals surface area contributed by atoms with Gasteiger partial charge in [0.1, 0.15) is 46.7 Å². The summed E-state index contributed by atoms with van der Waals surface area (Å²) in [5.41, 5.74) is 1.97. The molecule has 8 heteroatoms. The second kappa shape index (κ2) is 8.85. The smallest absolute Gasteiger partial charge is 0.178 e. The molecule has 4 aromatic carbocycles. The number of aromatic hydroxyl groups is 4. The number of hydrogen-bond acceptors (Lipinski definition) is 8. The quantitative estimate of drug-likeness (QED) is 0.271. The number of benzene rings is 4. The summed E-state index contributed by atoms with van der Waals surface area (Å²) in [6, 6.07) is 19.6. The third kappa shape index (κ3) is 3.87. The van der Waals surface area contributed by atoms with Gasteiger partial charge in [-0.1, -0.05) is 24.3 Å². The largest absolute Gasteiger partial charge is 0.508 e. The number of Topliss-reactive ketones (excluding diaryl/α,β-unsaturated/α-hetero) is 2. The number of carbonyl (C=O) groups excluding carboxylic acids is 2. The second-order valence-electron chi connectivity index (χ2n) is 9.35. The number of carbonyl (C=O) groups is 2. The monoisotopic (exact) mass is 510 g/mol. The maximum absolute atomic E-state index is 14.0. The standard InChI is InChI=1S/C30H22O8/c31-17-5-1-15(2-6-17)25-14-23(35)21-11-12-24-26(30(21)38-25)27(28(36)20-10-9-19(33)13-22(20)34)29(37-24)16-3-7-18(32)8-4-16/h1-13,25,27,29,31-34H,14H2/t25-,27-,29?/m0/s1. The highest BCUT2D eigenvalue weighted by molar-refractivity contribution is 6.07. The van der Waals surface area contributed by atoms with Crippen LogP contribution in [0.5, 0.6) is 34.5 Å². The van der Waals surface area contributed by atoms with Gasteiger partial charge in [0.25, 0.3) is 0 Å². The highest BCUT2D eigenvalue weighted by atomic mass is 16.5. The molecule has 0 fully saturated rings. The second-order valence-corrected chi connectivity index (χ2v) is 9.35. The molecule has 38 heavy (non-hydrogen) atoms. The van der Waals surface area contributed by atoms with Crippen molar-refractivity contribution in [3.05, 3.63) is 107 Å². The van der Waals surface area contributed by atoms with Crippen LogP contribution >= 0.6 is 0 Å². The Hall–Kier alpha value is -4.98. The number of phenolic OH excluding ortho intramolecular Hbond substituents is 4. The van der Waals surface area contributed by atoms with Crippen LogP contribution in [0, 0.1) is 0 Å². The first-order chi connectivity index (χ1) is 18.3. The molecule has 0 bridgehead atoms. The zero-order chi connectivity index (χ0) is 26.6. The molecular weight excluding hydrogens is 488 g/mol. The number of fused-ring (bicyclic) bond motifs is 3. The van der Waals surface area contributed by atoms with Crippen LogP contribution < -0.4 is 9.47 Å². The van der Waals surface area contributed by atoms with Crippen LogP contribution in [0.4, 0.5) is 0 Å². The molecule has 0 spiro atoms. The number of ketones is 2. The molecule has 4 N–H and O–H groups in total. The van der Waals surface area contributed by atoms with E-state index >= 15 is 0 Å². The molecule has 2 aliphatic rings. The highest BCUT2D eigenvalue weighted by Gasteiger charge is 2.46. The number of ether oxygens (including phenoxy) is 2. The fraction of sp³-hybridized carbons (Fsp3) is 0.133. The molecule has 0 aromatic heterocycles. The molecular formula is C30H22O8. The van der Waals surface area contributed by atoms with E-state index in [9.17, 15) is 30.0 Å². The fourth-order valence-corrected chi connectivity index (χ4v) is 5.11. The fourth-order valence-electron chi connectivity index (χ4n) is 5.11. The Bertz CT molecular complexity index is 1570. The van der Waals surface area contributed by atoms with Gasteiger partial charge in [0.15, 0.2) is 11.6 Å². The Balaban J connectivity index is 1.50. The molecule has 0 aliphatic carbocycles. The molecule has 0 amide bonds. The van der Waals surface area contributed by atoms with Crippen LogP contribution in [-0.4, -0.2) is 32.0 Å². The summed E-state index contributed by atoms with van der Waals surface area (Å²) in [5, 5.41) is 39.7. The van der Waals surface area contributed by atoms with Crippen molar-refractivity contribution in [2.75, 3.05) is 0 Å². The van der Waals surface area contributed by atoms with Gasteiger partial charge in [-0.2, -0.15) is 0 Å². The molecule has 2 heterocycles. The normalized spacial score (nSPS) is 19.7. The minimum Gasteiger partial charge on any atom is -0.508 e. The van der Waals surface area contributed by atoms with Crippen molar-refractivity contribution in [1.29, 1.82) is 0 Å². The predicted octanol–water partition coefficient (Wildman–Crippen LogP) is 5.32. The molecule has 3 atom stereocenters. The molecule has 4 aromatic rings. The summed E-state index contributed by atoms with van der Waals surface area (Å²) >= 11 is 0. The van der Waals surface area contributed by atoms with Crippen molar-refractivity contribution in [2.45, 2.75) is 24.5 Å². The van der Waals surface area contributed by atoms with Crippen LogP contribution in [0.15, 0.2) is 78.9 Å². The minimum absolute atomic E-state index is 0.0251. The van der Waals surface area contributed by atoms with E-state index in [2.05, 4.69) is 0 Å². The Labute approximate surface area is 217 Å². The summed E-state index contributed by atoms with van der Waals surface area (Å²) in [7, 11) is 0. The van der Waals surface area contributed by atoms with E-state index in [0.717, 1.165) is 6.07 Å². The third-order valence-electron chi connectivity index (χ3n) is 6.97. The van der Waals surface area contributed by atoms with Crippen molar-refractivity contribution in [2.24, 2.45) is 0 Å². The van der Waals surface area contributed by atoms with Crippen LogP contribution in [-0.2, 0) is 0 Å². The average molecular weight is 510 g/mol. The highest BCUT2D eigenvalue weighted by Crippen LogP contribution is 2.55. The Morgan fingerprint density at radius 3 is 2.03 bits per heavy atom. The molecule has 0 radical (unpaired) electrons. The average Bonchev–Trinajstić information content (AvgIpc) is 3.29. The minimum atomic E-state index is -1.01. The van der Waals surface area contributed by atoms with E-state index < -0.39 is 29.7 Å². The molecule has 190 valence electrons. The summed E-state index contributed by atoms with van der Waals surface area (Å²) in [5.74, 6) is -1.53. The molecule has 1 unspecified atom stereocenters. The van der Waals surface area contributed by atoms with Gasteiger partial charge < -0.3 is 29.9 Å². The van der Waals surface area contributed by atoms with Crippen molar-refractivity contribution in [3.63, 3.8) is 0 Å². The van der Waals surface area contributed by atoms with E-state index in [4.69, 9.17) is 9.47 Å². The summed E-state index contributed by atoms with van der Waals surface area (Å²) in [4.78, 5) is 27.2. The van der Waals surface area contributed by atoms with E-state index in [0.29, 0.717) is 28.0 Å². The molecule has 6 rings (SSSR count). The SMILES string of the molecule is O=C1C[C@@H](c2ccc(O)cc2)Oc2c1ccc1c2[C@@H](C(=O)c2ccc(O)cc2O)C(c2ccc(O)cc2)O1. The predicted molar refractivity (Wildman–Crippen MR) is 135 cm³/mol. The van der Waals surface area contributed by atoms with Gasteiger partial charge in [0.05, 0.1) is 29.0 Å². The first-order valence-electron chi connectivity index (χ1n) is 12.0. The van der Waals surface area contributed by atoms with Gasteiger partial charge in [0.2, 0.25) is 0 Å². The zero-order valence-corrected chi connectivity index (χ0v) is 19.9. The van der Waals surface area contributed by atoms with Gasteiger partial charge in [-0.05, 0) is 59.7 Å². The molecule has 8 nitrogen and oxygen atoms in total. The lowest BCUT2D eigenvalue weighted by Crippen LogP contribution is -2.24. The lowest BCUT2D eigenvalue weighted by Gasteiger charge is -2.28. The Kier molecular flexibility index (Phi) is 5.45. The Morgan fingerprint density at radius 1 is 0.737 bits per heavy atom. The van der Waals surface area contributed by atoms with Crippen LogP contribution in [0.3, 0.4) is 0 Å². The van der Waals surface area contributed by atoms with Crippen LogP contribution in [0.25, 0.3) is 0 Å². The molecule has 2 aliphatic heterocycles. The molecule has 0 saturated carbocycles. The number of rotatable bonds is 4. The first kappa shape index (κ1) is 23.4. The lowest BCUT2D eigenvalue weighted by molar-refractivity contribution is 0.0832. The van der Waals surface area contributed by atoms with Gasteiger partial charge >= 0.3 is 0 Å². The molecule has 0 saturated heterocycles. The van der Waals surface area contributed by atoms with E-state index in [-0.39, 0.29) is 40.8 Å². The topological polar surface area (TPSA) is 134 Å². The maximum Gasteiger partial charge on any atom is 0.178 e. The number of hydrogen-bond donors (Lipinski definition) is 4. The van der Waals surface area contributed by atoms with E-state index in [1.54, 1.807) is 36.4 Å². The van der Waals surface area contributed by atoms with Gasteiger partial charge in [-0.15, -0.1) is 0 Å². The summed E-state index contributed by atoms with van der Waals surface area (Å²) in [6.07, 6.45) is -1.41. The van der Waals surface area contributed by atoms with Crippen molar-refractivity contribution < 1.29 is 39.5 Å². The van der Waals surface area contributed by atoms with Crippen LogP contribution in [0.1, 0.15) is 62.0 Å². The third-order valence-corrected chi connectivity index (χ3v) is 6.97. The summed E-state index contributed by atoms with van der Waals surface area (Å²) in [6.45, 7) is 0. The lowest BCUT2D eigenvalue weighted by atomic mass is 9.82. The van der Waals surface area contributed by atoms with Gasteiger partial charge in [-0.3, -0.25) is 9.59 Å². The maximum atomic E-state index is 14.0. The van der Waals surface area contributed by atoms with Crippen molar-refractivity contribution in [1.82, 2.24) is 0 Å². The van der Waals surface area contributed by atoms with E-state index in [1.807, 2.05) is 0 Å². The van der Waals surface area contributed by atoms with E-state index in [1.165, 1.54) is 36.4 Å². The Morgan fingerprint density at radius 2 is 1.37 bits per heavy atom. The van der Waals surface area contributed by atoms with Gasteiger partial charge in [0, 0.05) is 6.07 Å². The first-order valence-corrected chi connectivity index (χ1v) is 12.0.